The monoisotopic (exact) mass is 469 g/mol. The molecule has 3 atom stereocenters. The molecule has 7 nitrogen and oxygen atoms in total. The SMILES string of the molecule is CC1CCCC(C)N1C(=O)COc1ccc(C(=O)N2CCCC2C(=O)NCC(F)(F)F)cc1. The number of amides is 3. The Morgan fingerprint density at radius 1 is 1.03 bits per heavy atom. The molecule has 0 spiro atoms. The Balaban J connectivity index is 1.56. The van der Waals surface area contributed by atoms with Gasteiger partial charge in [-0.15, -0.1) is 0 Å². The molecule has 33 heavy (non-hydrogen) atoms. The standard InChI is InChI=1S/C23H30F3N3O4/c1-15-5-3-6-16(2)29(15)20(30)13-33-18-10-8-17(9-11-18)22(32)28-12-4-7-19(28)21(31)27-14-23(24,25)26/h8-11,15-16,19H,3-7,12-14H2,1-2H3,(H,27,31). The molecule has 0 aliphatic carbocycles. The third kappa shape index (κ3) is 6.39. The van der Waals surface area contributed by atoms with Gasteiger partial charge in [-0.1, -0.05) is 0 Å². The van der Waals surface area contributed by atoms with Gasteiger partial charge in [-0.25, -0.2) is 0 Å². The van der Waals surface area contributed by atoms with Crippen LogP contribution in [0.1, 0.15) is 56.3 Å². The van der Waals surface area contributed by atoms with Crippen molar-refractivity contribution in [2.75, 3.05) is 19.7 Å². The predicted octanol–water partition coefficient (Wildman–Crippen LogP) is 3.14. The maximum absolute atomic E-state index is 12.8. The fraction of sp³-hybridized carbons (Fsp3) is 0.609. The topological polar surface area (TPSA) is 79.0 Å². The van der Waals surface area contributed by atoms with E-state index in [2.05, 4.69) is 0 Å². The molecule has 1 aromatic carbocycles. The molecule has 3 unspecified atom stereocenters. The molecule has 10 heteroatoms. The predicted molar refractivity (Wildman–Crippen MR) is 115 cm³/mol. The van der Waals surface area contributed by atoms with E-state index in [1.165, 1.54) is 17.0 Å². The van der Waals surface area contributed by atoms with Gasteiger partial charge in [0.15, 0.2) is 6.61 Å². The first kappa shape index (κ1) is 24.9. The van der Waals surface area contributed by atoms with Crippen LogP contribution in [0.2, 0.25) is 0 Å². The van der Waals surface area contributed by atoms with Crippen molar-refractivity contribution < 1.29 is 32.3 Å². The number of carbonyl (C=O) groups is 3. The van der Waals surface area contributed by atoms with Crippen LogP contribution < -0.4 is 10.1 Å². The fourth-order valence-corrected chi connectivity index (χ4v) is 4.58. The molecular weight excluding hydrogens is 439 g/mol. The van der Waals surface area contributed by atoms with Crippen molar-refractivity contribution in [3.05, 3.63) is 29.8 Å². The number of ether oxygens (including phenoxy) is 1. The summed E-state index contributed by atoms with van der Waals surface area (Å²) >= 11 is 0. The Labute approximate surface area is 191 Å². The van der Waals surface area contributed by atoms with Crippen molar-refractivity contribution in [3.8, 4) is 5.75 Å². The Kier molecular flexibility index (Phi) is 7.86. The van der Waals surface area contributed by atoms with Crippen LogP contribution >= 0.6 is 0 Å². The summed E-state index contributed by atoms with van der Waals surface area (Å²) in [6, 6.07) is 5.60. The number of rotatable bonds is 6. The van der Waals surface area contributed by atoms with E-state index in [9.17, 15) is 27.6 Å². The van der Waals surface area contributed by atoms with Crippen molar-refractivity contribution in [3.63, 3.8) is 0 Å². The summed E-state index contributed by atoms with van der Waals surface area (Å²) in [4.78, 5) is 40.7. The summed E-state index contributed by atoms with van der Waals surface area (Å²) in [6.07, 6.45) is -0.621. The number of nitrogens with one attached hydrogen (secondary N) is 1. The van der Waals surface area contributed by atoms with Gasteiger partial charge >= 0.3 is 6.18 Å². The van der Waals surface area contributed by atoms with Crippen LogP contribution in [0, 0.1) is 0 Å². The number of halogens is 3. The molecule has 3 amide bonds. The minimum atomic E-state index is -4.51. The molecule has 2 fully saturated rings. The third-order valence-electron chi connectivity index (χ3n) is 6.22. The number of benzene rings is 1. The number of alkyl halides is 3. The molecule has 0 radical (unpaired) electrons. The largest absolute Gasteiger partial charge is 0.484 e. The highest BCUT2D eigenvalue weighted by Crippen LogP contribution is 2.24. The minimum Gasteiger partial charge on any atom is -0.484 e. The lowest BCUT2D eigenvalue weighted by Crippen LogP contribution is -2.49. The maximum atomic E-state index is 12.8. The third-order valence-corrected chi connectivity index (χ3v) is 6.22. The van der Waals surface area contributed by atoms with Crippen molar-refractivity contribution in [1.82, 2.24) is 15.1 Å². The molecule has 1 aromatic rings. The van der Waals surface area contributed by atoms with Gasteiger partial charge in [-0.05, 0) is 70.2 Å². The first-order chi connectivity index (χ1) is 15.6. The van der Waals surface area contributed by atoms with E-state index in [1.54, 1.807) is 12.1 Å². The Hall–Kier alpha value is -2.78. The zero-order chi connectivity index (χ0) is 24.2. The number of nitrogens with zero attached hydrogens (tertiary/aromatic N) is 2. The van der Waals surface area contributed by atoms with Crippen LogP contribution in [0.3, 0.4) is 0 Å². The van der Waals surface area contributed by atoms with Crippen molar-refractivity contribution in [2.24, 2.45) is 0 Å². The van der Waals surface area contributed by atoms with E-state index in [1.807, 2.05) is 24.1 Å². The zero-order valence-corrected chi connectivity index (χ0v) is 18.9. The first-order valence-corrected chi connectivity index (χ1v) is 11.3. The number of carbonyl (C=O) groups excluding carboxylic acids is 3. The van der Waals surface area contributed by atoms with Crippen LogP contribution in [-0.4, -0.2) is 71.5 Å². The molecule has 2 saturated heterocycles. The van der Waals surface area contributed by atoms with Gasteiger partial charge < -0.3 is 19.9 Å². The van der Waals surface area contributed by atoms with E-state index >= 15 is 0 Å². The summed E-state index contributed by atoms with van der Waals surface area (Å²) in [5.41, 5.74) is 0.294. The average molecular weight is 470 g/mol. The molecule has 2 heterocycles. The second kappa shape index (κ2) is 10.4. The number of likely N-dealkylation sites (tertiary alicyclic amines) is 2. The highest BCUT2D eigenvalue weighted by molar-refractivity contribution is 5.98. The molecule has 2 aliphatic rings. The number of hydrogen-bond donors (Lipinski definition) is 1. The second-order valence-electron chi connectivity index (χ2n) is 8.73. The maximum Gasteiger partial charge on any atom is 0.405 e. The van der Waals surface area contributed by atoms with Crippen molar-refractivity contribution in [1.29, 1.82) is 0 Å². The zero-order valence-electron chi connectivity index (χ0n) is 18.9. The molecule has 2 aliphatic heterocycles. The fourth-order valence-electron chi connectivity index (χ4n) is 4.58. The quantitative estimate of drug-likeness (QED) is 0.695. The normalized spacial score (nSPS) is 23.4. The molecule has 0 saturated carbocycles. The molecule has 0 aromatic heterocycles. The van der Waals surface area contributed by atoms with Crippen LogP contribution in [-0.2, 0) is 9.59 Å². The van der Waals surface area contributed by atoms with Gasteiger partial charge in [0.05, 0.1) is 0 Å². The summed E-state index contributed by atoms with van der Waals surface area (Å²) < 4.78 is 42.8. The number of piperidine rings is 1. The van der Waals surface area contributed by atoms with Gasteiger partial charge in [0.1, 0.15) is 18.3 Å². The van der Waals surface area contributed by atoms with Crippen LogP contribution in [0.25, 0.3) is 0 Å². The summed E-state index contributed by atoms with van der Waals surface area (Å²) in [5, 5.41) is 1.86. The van der Waals surface area contributed by atoms with Gasteiger partial charge in [0, 0.05) is 24.2 Å². The smallest absolute Gasteiger partial charge is 0.405 e. The minimum absolute atomic E-state index is 0.0837. The molecule has 182 valence electrons. The van der Waals surface area contributed by atoms with Crippen molar-refractivity contribution >= 4 is 17.7 Å². The first-order valence-electron chi connectivity index (χ1n) is 11.3. The Morgan fingerprint density at radius 2 is 1.67 bits per heavy atom. The second-order valence-corrected chi connectivity index (χ2v) is 8.73. The van der Waals surface area contributed by atoms with Crippen LogP contribution in [0.15, 0.2) is 24.3 Å². The van der Waals surface area contributed by atoms with E-state index < -0.39 is 30.6 Å². The molecule has 1 N–H and O–H groups in total. The highest BCUT2D eigenvalue weighted by atomic mass is 19.4. The Bertz CT molecular complexity index is 850. The van der Waals surface area contributed by atoms with Gasteiger partial charge in [0.25, 0.3) is 11.8 Å². The lowest BCUT2D eigenvalue weighted by molar-refractivity contribution is -0.140. The van der Waals surface area contributed by atoms with Gasteiger partial charge in [-0.2, -0.15) is 13.2 Å². The lowest BCUT2D eigenvalue weighted by atomic mass is 9.97. The number of hydrogen-bond acceptors (Lipinski definition) is 4. The van der Waals surface area contributed by atoms with Gasteiger partial charge in [0.2, 0.25) is 5.91 Å². The summed E-state index contributed by atoms with van der Waals surface area (Å²) in [7, 11) is 0. The van der Waals surface area contributed by atoms with E-state index in [4.69, 9.17) is 4.74 Å². The van der Waals surface area contributed by atoms with E-state index in [-0.39, 0.29) is 24.6 Å². The Morgan fingerprint density at radius 3 is 2.27 bits per heavy atom. The molecular formula is C23H30F3N3O4. The highest BCUT2D eigenvalue weighted by Gasteiger charge is 2.36. The summed E-state index contributed by atoms with van der Waals surface area (Å²) in [5.74, 6) is -0.895. The van der Waals surface area contributed by atoms with E-state index in [0.29, 0.717) is 30.7 Å². The van der Waals surface area contributed by atoms with Crippen molar-refractivity contribution in [2.45, 2.75) is 70.3 Å². The van der Waals surface area contributed by atoms with Crippen LogP contribution in [0.4, 0.5) is 13.2 Å². The lowest BCUT2D eigenvalue weighted by Gasteiger charge is -2.38. The van der Waals surface area contributed by atoms with E-state index in [0.717, 1.165) is 19.3 Å². The molecule has 0 bridgehead atoms. The van der Waals surface area contributed by atoms with Gasteiger partial charge in [-0.3, -0.25) is 14.4 Å². The average Bonchev–Trinajstić information content (AvgIpc) is 3.25. The molecule has 3 rings (SSSR count). The summed E-state index contributed by atoms with van der Waals surface area (Å²) in [6.45, 7) is 2.83. The van der Waals surface area contributed by atoms with Crippen LogP contribution in [0.5, 0.6) is 5.75 Å².